The Morgan fingerprint density at radius 1 is 1.43 bits per heavy atom. The first kappa shape index (κ1) is 16.1. The standard InChI is InChI=1S/C16H24N2O2S/c1-12-7-8-14(17-10-12)21-13-6-5-9-18(11-13)15(19)20-16(2,3)4/h7-8,10,13H,5-6,9,11H2,1-4H3/t13-/m1/s1. The quantitative estimate of drug-likeness (QED) is 0.831. The third kappa shape index (κ3) is 5.23. The number of aryl methyl sites for hydroxylation is 1. The predicted octanol–water partition coefficient (Wildman–Crippen LogP) is 3.88. The summed E-state index contributed by atoms with van der Waals surface area (Å²) in [5, 5.41) is 1.41. The van der Waals surface area contributed by atoms with Crippen molar-refractivity contribution < 1.29 is 9.53 Å². The molecule has 0 bridgehead atoms. The van der Waals surface area contributed by atoms with Gasteiger partial charge >= 0.3 is 6.09 Å². The maximum atomic E-state index is 12.1. The van der Waals surface area contributed by atoms with Gasteiger partial charge in [0.1, 0.15) is 5.60 Å². The van der Waals surface area contributed by atoms with Crippen LogP contribution in [0.2, 0.25) is 0 Å². The summed E-state index contributed by atoms with van der Waals surface area (Å²) in [7, 11) is 0. The van der Waals surface area contributed by atoms with Gasteiger partial charge in [-0.15, -0.1) is 11.8 Å². The molecule has 1 fully saturated rings. The van der Waals surface area contributed by atoms with Crippen molar-refractivity contribution in [3.8, 4) is 0 Å². The zero-order valence-corrected chi connectivity index (χ0v) is 14.1. The van der Waals surface area contributed by atoms with Crippen LogP contribution in [0.15, 0.2) is 23.4 Å². The van der Waals surface area contributed by atoms with Crippen LogP contribution in [0.1, 0.15) is 39.2 Å². The van der Waals surface area contributed by atoms with E-state index in [0.29, 0.717) is 5.25 Å². The van der Waals surface area contributed by atoms with Gasteiger partial charge in [0.05, 0.1) is 5.03 Å². The number of hydrogen-bond donors (Lipinski definition) is 0. The van der Waals surface area contributed by atoms with Crippen LogP contribution >= 0.6 is 11.8 Å². The fourth-order valence-electron chi connectivity index (χ4n) is 2.22. The summed E-state index contributed by atoms with van der Waals surface area (Å²) < 4.78 is 5.45. The Bertz CT molecular complexity index is 482. The van der Waals surface area contributed by atoms with Gasteiger partial charge in [0.25, 0.3) is 0 Å². The summed E-state index contributed by atoms with van der Waals surface area (Å²) >= 11 is 1.75. The zero-order valence-electron chi connectivity index (χ0n) is 13.3. The average Bonchev–Trinajstić information content (AvgIpc) is 2.40. The molecule has 0 aliphatic carbocycles. The maximum Gasteiger partial charge on any atom is 0.410 e. The predicted molar refractivity (Wildman–Crippen MR) is 85.7 cm³/mol. The maximum absolute atomic E-state index is 12.1. The van der Waals surface area contributed by atoms with Crippen molar-refractivity contribution in [3.05, 3.63) is 23.9 Å². The lowest BCUT2D eigenvalue weighted by Crippen LogP contribution is -2.43. The highest BCUT2D eigenvalue weighted by molar-refractivity contribution is 7.99. The number of thioether (sulfide) groups is 1. The summed E-state index contributed by atoms with van der Waals surface area (Å²) in [6, 6.07) is 4.12. The van der Waals surface area contributed by atoms with Crippen LogP contribution in [0, 0.1) is 6.92 Å². The molecule has 1 saturated heterocycles. The summed E-state index contributed by atoms with van der Waals surface area (Å²) in [5.41, 5.74) is 0.730. The molecular weight excluding hydrogens is 284 g/mol. The summed E-state index contributed by atoms with van der Waals surface area (Å²) in [5.74, 6) is 0. The minimum Gasteiger partial charge on any atom is -0.444 e. The zero-order chi connectivity index (χ0) is 15.5. The molecule has 0 radical (unpaired) electrons. The lowest BCUT2D eigenvalue weighted by Gasteiger charge is -2.33. The summed E-state index contributed by atoms with van der Waals surface area (Å²) in [4.78, 5) is 18.4. The Morgan fingerprint density at radius 3 is 2.81 bits per heavy atom. The second-order valence-corrected chi connectivity index (χ2v) is 7.80. The monoisotopic (exact) mass is 308 g/mol. The van der Waals surface area contributed by atoms with E-state index in [1.165, 1.54) is 5.56 Å². The second-order valence-electron chi connectivity index (χ2n) is 6.48. The Hall–Kier alpha value is -1.23. The van der Waals surface area contributed by atoms with Gasteiger partial charge < -0.3 is 9.64 Å². The second kappa shape index (κ2) is 6.69. The highest BCUT2D eigenvalue weighted by Crippen LogP contribution is 2.28. The van der Waals surface area contributed by atoms with Crippen molar-refractivity contribution in [1.29, 1.82) is 0 Å². The molecule has 0 spiro atoms. The number of piperidine rings is 1. The lowest BCUT2D eigenvalue weighted by atomic mass is 10.1. The first-order valence-electron chi connectivity index (χ1n) is 7.41. The molecule has 5 heteroatoms. The van der Waals surface area contributed by atoms with Crippen molar-refractivity contribution in [3.63, 3.8) is 0 Å². The van der Waals surface area contributed by atoms with E-state index >= 15 is 0 Å². The van der Waals surface area contributed by atoms with Crippen LogP contribution < -0.4 is 0 Å². The minimum atomic E-state index is -0.435. The number of aromatic nitrogens is 1. The van der Waals surface area contributed by atoms with Crippen molar-refractivity contribution in [2.24, 2.45) is 0 Å². The van der Waals surface area contributed by atoms with Crippen molar-refractivity contribution in [2.75, 3.05) is 13.1 Å². The van der Waals surface area contributed by atoms with Crippen molar-refractivity contribution in [2.45, 2.75) is 56.4 Å². The third-order valence-electron chi connectivity index (χ3n) is 3.20. The molecule has 0 unspecified atom stereocenters. The van der Waals surface area contributed by atoms with E-state index in [9.17, 15) is 4.79 Å². The average molecular weight is 308 g/mol. The van der Waals surface area contributed by atoms with Gasteiger partial charge in [-0.2, -0.15) is 0 Å². The smallest absolute Gasteiger partial charge is 0.410 e. The number of amides is 1. The Kier molecular flexibility index (Phi) is 5.14. The first-order valence-corrected chi connectivity index (χ1v) is 8.29. The first-order chi connectivity index (χ1) is 9.83. The fourth-order valence-corrected chi connectivity index (χ4v) is 3.36. The van der Waals surface area contributed by atoms with E-state index in [1.54, 1.807) is 11.8 Å². The van der Waals surface area contributed by atoms with E-state index in [2.05, 4.69) is 11.1 Å². The molecule has 1 aliphatic heterocycles. The minimum absolute atomic E-state index is 0.204. The molecular formula is C16H24N2O2S. The highest BCUT2D eigenvalue weighted by atomic mass is 32.2. The Balaban J connectivity index is 1.91. The highest BCUT2D eigenvalue weighted by Gasteiger charge is 2.28. The molecule has 1 aromatic heterocycles. The molecule has 1 amide bonds. The van der Waals surface area contributed by atoms with Crippen LogP contribution in [0.4, 0.5) is 4.79 Å². The summed E-state index contributed by atoms with van der Waals surface area (Å²) in [6.07, 6.45) is 3.81. The SMILES string of the molecule is Cc1ccc(S[C@@H]2CCCN(C(=O)OC(C)(C)C)C2)nc1. The molecule has 1 aliphatic rings. The Morgan fingerprint density at radius 2 is 2.19 bits per heavy atom. The van der Waals surface area contributed by atoms with Gasteiger partial charge in [-0.3, -0.25) is 0 Å². The molecule has 0 aromatic carbocycles. The van der Waals surface area contributed by atoms with Gasteiger partial charge in [0.2, 0.25) is 0 Å². The van der Waals surface area contributed by atoms with Crippen molar-refractivity contribution >= 4 is 17.9 Å². The number of ether oxygens (including phenoxy) is 1. The molecule has 4 nitrogen and oxygen atoms in total. The van der Waals surface area contributed by atoms with E-state index in [4.69, 9.17) is 4.74 Å². The van der Waals surface area contributed by atoms with Crippen LogP contribution in [0.3, 0.4) is 0 Å². The largest absolute Gasteiger partial charge is 0.444 e. The summed E-state index contributed by atoms with van der Waals surface area (Å²) in [6.45, 7) is 9.25. The van der Waals surface area contributed by atoms with E-state index in [-0.39, 0.29) is 6.09 Å². The van der Waals surface area contributed by atoms with E-state index in [0.717, 1.165) is 31.0 Å². The molecule has 1 atom stereocenters. The van der Waals surface area contributed by atoms with Crippen LogP contribution in [0.5, 0.6) is 0 Å². The molecule has 1 aromatic rings. The number of carbonyl (C=O) groups is 1. The molecule has 2 heterocycles. The normalized spacial score (nSPS) is 19.4. The Labute approximate surface area is 131 Å². The number of carbonyl (C=O) groups excluding carboxylic acids is 1. The molecule has 116 valence electrons. The molecule has 21 heavy (non-hydrogen) atoms. The number of nitrogens with zero attached hydrogens (tertiary/aromatic N) is 2. The van der Waals surface area contributed by atoms with Crippen LogP contribution in [-0.2, 0) is 4.74 Å². The van der Waals surface area contributed by atoms with Crippen LogP contribution in [0.25, 0.3) is 0 Å². The third-order valence-corrected chi connectivity index (χ3v) is 4.40. The lowest BCUT2D eigenvalue weighted by molar-refractivity contribution is 0.0220. The van der Waals surface area contributed by atoms with Crippen molar-refractivity contribution in [1.82, 2.24) is 9.88 Å². The van der Waals surface area contributed by atoms with Gasteiger partial charge in [-0.1, -0.05) is 6.07 Å². The molecule has 0 N–H and O–H groups in total. The molecule has 0 saturated carbocycles. The van der Waals surface area contributed by atoms with Gasteiger partial charge in [0.15, 0.2) is 0 Å². The number of likely N-dealkylation sites (tertiary alicyclic amines) is 1. The van der Waals surface area contributed by atoms with E-state index in [1.807, 2.05) is 44.9 Å². The number of rotatable bonds is 2. The van der Waals surface area contributed by atoms with Gasteiger partial charge in [-0.25, -0.2) is 9.78 Å². The van der Waals surface area contributed by atoms with Gasteiger partial charge in [0, 0.05) is 24.5 Å². The number of pyridine rings is 1. The fraction of sp³-hybridized carbons (Fsp3) is 0.625. The van der Waals surface area contributed by atoms with E-state index < -0.39 is 5.60 Å². The van der Waals surface area contributed by atoms with Gasteiger partial charge in [-0.05, 0) is 52.2 Å². The molecule has 2 rings (SSSR count). The topological polar surface area (TPSA) is 42.4 Å². The van der Waals surface area contributed by atoms with Crippen LogP contribution in [-0.4, -0.2) is 39.9 Å². The number of hydrogen-bond acceptors (Lipinski definition) is 4.